The molecule has 5 heteroatoms. The highest BCUT2D eigenvalue weighted by atomic mass is 16.4. The molecule has 0 bridgehead atoms. The molecule has 96 valence electrons. The first-order valence-electron chi connectivity index (χ1n) is 5.76. The van der Waals surface area contributed by atoms with E-state index < -0.39 is 11.5 Å². The summed E-state index contributed by atoms with van der Waals surface area (Å²) >= 11 is 0. The Morgan fingerprint density at radius 3 is 2.24 bits per heavy atom. The Morgan fingerprint density at radius 1 is 1.24 bits per heavy atom. The van der Waals surface area contributed by atoms with Crippen LogP contribution < -0.4 is 0 Å². The normalized spacial score (nSPS) is 15.5. The maximum absolute atomic E-state index is 10.3. The van der Waals surface area contributed by atoms with Crippen molar-refractivity contribution in [1.29, 1.82) is 5.26 Å². The second-order valence-electron chi connectivity index (χ2n) is 5.36. The van der Waals surface area contributed by atoms with Gasteiger partial charge in [-0.1, -0.05) is 0 Å². The van der Waals surface area contributed by atoms with E-state index in [2.05, 4.69) is 16.3 Å². The first kappa shape index (κ1) is 15.6. The highest BCUT2D eigenvalue weighted by Crippen LogP contribution is 2.21. The Kier molecular flexibility index (Phi) is 5.80. The van der Waals surface area contributed by atoms with Gasteiger partial charge in [0.05, 0.1) is 11.6 Å². The first-order valence-corrected chi connectivity index (χ1v) is 5.76. The number of carboxylic acid groups (broad SMARTS) is 1. The Labute approximate surface area is 103 Å². The van der Waals surface area contributed by atoms with E-state index in [1.165, 1.54) is 0 Å². The van der Waals surface area contributed by atoms with Gasteiger partial charge in [0.2, 0.25) is 0 Å². The molecular formula is C12H21N3O2. The predicted octanol–water partition coefficient (Wildman–Crippen LogP) is 3.16. The van der Waals surface area contributed by atoms with E-state index >= 15 is 0 Å². The summed E-state index contributed by atoms with van der Waals surface area (Å²) in [5, 5.41) is 25.8. The second kappa shape index (κ2) is 6.33. The van der Waals surface area contributed by atoms with Crippen molar-refractivity contribution < 1.29 is 9.90 Å². The van der Waals surface area contributed by atoms with Gasteiger partial charge in [0.25, 0.3) is 0 Å². The van der Waals surface area contributed by atoms with Crippen LogP contribution >= 0.6 is 0 Å². The Balaban J connectivity index is 4.26. The summed E-state index contributed by atoms with van der Waals surface area (Å²) < 4.78 is 0. The van der Waals surface area contributed by atoms with Crippen LogP contribution in [0.5, 0.6) is 0 Å². The van der Waals surface area contributed by atoms with Crippen LogP contribution in [-0.2, 0) is 4.79 Å². The van der Waals surface area contributed by atoms with Crippen molar-refractivity contribution in [3.8, 4) is 6.07 Å². The number of aliphatic carboxylic acids is 1. The van der Waals surface area contributed by atoms with Crippen molar-refractivity contribution >= 4 is 5.97 Å². The van der Waals surface area contributed by atoms with Crippen LogP contribution in [0, 0.1) is 11.3 Å². The molecule has 0 aliphatic heterocycles. The summed E-state index contributed by atoms with van der Waals surface area (Å²) in [6.45, 7) is 7.47. The molecule has 5 nitrogen and oxygen atoms in total. The molecular weight excluding hydrogens is 218 g/mol. The van der Waals surface area contributed by atoms with E-state index in [1.807, 2.05) is 20.8 Å². The standard InChI is InChI=1S/C12H21N3O2/c1-11(2,3)14-15-12(4,9-13)8-6-5-7-10(16)17/h5-8H2,1-4H3,(H,16,17). The van der Waals surface area contributed by atoms with Gasteiger partial charge in [-0.15, -0.1) is 0 Å². The third-order valence-electron chi connectivity index (χ3n) is 2.12. The zero-order valence-corrected chi connectivity index (χ0v) is 11.0. The Bertz CT molecular complexity index is 326. The summed E-state index contributed by atoms with van der Waals surface area (Å²) in [6, 6.07) is 2.13. The number of carboxylic acids is 1. The summed E-state index contributed by atoms with van der Waals surface area (Å²) in [5.74, 6) is -0.806. The van der Waals surface area contributed by atoms with E-state index in [1.54, 1.807) is 6.92 Å². The lowest BCUT2D eigenvalue weighted by Gasteiger charge is -2.17. The lowest BCUT2D eigenvalue weighted by molar-refractivity contribution is -0.137. The quantitative estimate of drug-likeness (QED) is 0.570. The van der Waals surface area contributed by atoms with Gasteiger partial charge in [-0.25, -0.2) is 0 Å². The van der Waals surface area contributed by atoms with Gasteiger partial charge in [0.15, 0.2) is 5.54 Å². The molecule has 1 unspecified atom stereocenters. The fraction of sp³-hybridized carbons (Fsp3) is 0.833. The Hall–Kier alpha value is -1.44. The zero-order chi connectivity index (χ0) is 13.5. The number of carbonyl (C=O) groups is 1. The lowest BCUT2D eigenvalue weighted by atomic mass is 9.97. The molecule has 0 spiro atoms. The number of hydrogen-bond acceptors (Lipinski definition) is 4. The molecule has 0 saturated heterocycles. The van der Waals surface area contributed by atoms with Gasteiger partial charge in [0.1, 0.15) is 0 Å². The van der Waals surface area contributed by atoms with Crippen LogP contribution in [0.2, 0.25) is 0 Å². The van der Waals surface area contributed by atoms with Crippen LogP contribution in [0.1, 0.15) is 53.4 Å². The predicted molar refractivity (Wildman–Crippen MR) is 64.7 cm³/mol. The van der Waals surface area contributed by atoms with E-state index in [0.29, 0.717) is 19.3 Å². The average Bonchev–Trinajstić information content (AvgIpc) is 2.20. The monoisotopic (exact) mass is 239 g/mol. The number of nitriles is 1. The van der Waals surface area contributed by atoms with Gasteiger partial charge < -0.3 is 5.11 Å². The third-order valence-corrected chi connectivity index (χ3v) is 2.12. The van der Waals surface area contributed by atoms with Gasteiger partial charge >= 0.3 is 5.97 Å². The minimum absolute atomic E-state index is 0.137. The van der Waals surface area contributed by atoms with Crippen molar-refractivity contribution in [3.05, 3.63) is 0 Å². The molecule has 17 heavy (non-hydrogen) atoms. The first-order chi connectivity index (χ1) is 7.68. The molecule has 0 radical (unpaired) electrons. The number of hydrogen-bond donors (Lipinski definition) is 1. The van der Waals surface area contributed by atoms with E-state index in [9.17, 15) is 4.79 Å². The number of rotatable bonds is 6. The maximum Gasteiger partial charge on any atom is 0.303 e. The van der Waals surface area contributed by atoms with Gasteiger partial charge in [0, 0.05) is 6.42 Å². The number of azo groups is 1. The van der Waals surface area contributed by atoms with Crippen LogP contribution in [0.25, 0.3) is 0 Å². The molecule has 0 aliphatic carbocycles. The lowest BCUT2D eigenvalue weighted by Crippen LogP contribution is -2.20. The van der Waals surface area contributed by atoms with E-state index in [0.717, 1.165) is 0 Å². The van der Waals surface area contributed by atoms with Crippen LogP contribution in [0.15, 0.2) is 10.2 Å². The summed E-state index contributed by atoms with van der Waals surface area (Å²) in [5.41, 5.74) is -1.13. The molecule has 1 atom stereocenters. The van der Waals surface area contributed by atoms with Gasteiger partial charge in [-0.2, -0.15) is 15.5 Å². The minimum atomic E-state index is -0.841. The summed E-state index contributed by atoms with van der Waals surface area (Å²) in [6.07, 6.45) is 1.91. The molecule has 0 aliphatic rings. The molecule has 0 aromatic rings. The van der Waals surface area contributed by atoms with E-state index in [4.69, 9.17) is 10.4 Å². The van der Waals surface area contributed by atoms with E-state index in [-0.39, 0.29) is 12.0 Å². The summed E-state index contributed by atoms with van der Waals surface area (Å²) in [4.78, 5) is 10.3. The fourth-order valence-electron chi connectivity index (χ4n) is 1.13. The second-order valence-corrected chi connectivity index (χ2v) is 5.36. The average molecular weight is 239 g/mol. The number of unbranched alkanes of at least 4 members (excludes halogenated alkanes) is 1. The molecule has 0 amide bonds. The van der Waals surface area contributed by atoms with Crippen LogP contribution in [0.3, 0.4) is 0 Å². The molecule has 0 rings (SSSR count). The molecule has 0 saturated carbocycles. The van der Waals surface area contributed by atoms with Gasteiger partial charge in [-0.05, 0) is 47.0 Å². The highest BCUT2D eigenvalue weighted by Gasteiger charge is 2.23. The highest BCUT2D eigenvalue weighted by molar-refractivity contribution is 5.66. The van der Waals surface area contributed by atoms with Gasteiger partial charge in [-0.3, -0.25) is 4.79 Å². The summed E-state index contributed by atoms with van der Waals surface area (Å²) in [7, 11) is 0. The molecule has 0 fully saturated rings. The van der Waals surface area contributed by atoms with Crippen molar-refractivity contribution in [1.82, 2.24) is 0 Å². The third kappa shape index (κ3) is 8.38. The van der Waals surface area contributed by atoms with Crippen molar-refractivity contribution in [2.75, 3.05) is 0 Å². The minimum Gasteiger partial charge on any atom is -0.481 e. The van der Waals surface area contributed by atoms with Crippen LogP contribution in [-0.4, -0.2) is 22.2 Å². The maximum atomic E-state index is 10.3. The van der Waals surface area contributed by atoms with Crippen molar-refractivity contribution in [2.45, 2.75) is 64.5 Å². The van der Waals surface area contributed by atoms with Crippen molar-refractivity contribution in [2.24, 2.45) is 10.2 Å². The fourth-order valence-corrected chi connectivity index (χ4v) is 1.13. The topological polar surface area (TPSA) is 85.8 Å². The van der Waals surface area contributed by atoms with Crippen LogP contribution in [0.4, 0.5) is 0 Å². The Morgan fingerprint density at radius 2 is 1.82 bits per heavy atom. The largest absolute Gasteiger partial charge is 0.481 e. The SMILES string of the molecule is CC(C)(C)N=NC(C)(C#N)CCCCC(=O)O. The molecule has 0 heterocycles. The molecule has 0 aromatic heterocycles. The van der Waals surface area contributed by atoms with Crippen molar-refractivity contribution in [3.63, 3.8) is 0 Å². The zero-order valence-electron chi connectivity index (χ0n) is 11.0. The molecule has 1 N–H and O–H groups in total. The number of nitrogens with zero attached hydrogens (tertiary/aromatic N) is 3. The molecule has 0 aromatic carbocycles. The smallest absolute Gasteiger partial charge is 0.303 e.